The normalized spacial score (nSPS) is 15.2. The van der Waals surface area contributed by atoms with E-state index in [1.807, 2.05) is 0 Å². The summed E-state index contributed by atoms with van der Waals surface area (Å²) in [6.07, 6.45) is 1.39. The third kappa shape index (κ3) is 3.47. The van der Waals surface area contributed by atoms with E-state index in [1.165, 1.54) is 6.07 Å². The van der Waals surface area contributed by atoms with Crippen LogP contribution in [-0.4, -0.2) is 20.9 Å². The number of hydrogen-bond acceptors (Lipinski definition) is 4. The lowest BCUT2D eigenvalue weighted by molar-refractivity contribution is -0.117. The number of nitrogens with one attached hydrogen (secondary N) is 1. The summed E-state index contributed by atoms with van der Waals surface area (Å²) >= 11 is 12.7. The molecule has 1 aromatic carbocycles. The summed E-state index contributed by atoms with van der Waals surface area (Å²) in [6.45, 7) is 0.687. The topological polar surface area (TPSA) is 66.5 Å². The lowest BCUT2D eigenvalue weighted by Crippen LogP contribution is -2.23. The molecule has 0 radical (unpaired) electrons. The quantitative estimate of drug-likeness (QED) is 0.857. The molecule has 0 bridgehead atoms. The Balaban J connectivity index is 1.80. The number of benzene rings is 1. The van der Waals surface area contributed by atoms with E-state index in [1.54, 1.807) is 29.2 Å². The molecule has 1 fully saturated rings. The molecule has 9 heteroatoms. The lowest BCUT2D eigenvalue weighted by atomic mass is 10.2. The minimum absolute atomic E-state index is 0.0482. The maximum Gasteiger partial charge on any atom is 0.264 e. The highest BCUT2D eigenvalue weighted by Gasteiger charge is 2.23. The van der Waals surface area contributed by atoms with E-state index < -0.39 is 10.0 Å². The van der Waals surface area contributed by atoms with Crippen molar-refractivity contribution in [3.8, 4) is 0 Å². The average Bonchev–Trinajstić information content (AvgIpc) is 3.05. The first-order chi connectivity index (χ1) is 10.9. The second-order valence-electron chi connectivity index (χ2n) is 4.99. The third-order valence-corrected chi connectivity index (χ3v) is 6.55. The van der Waals surface area contributed by atoms with Crippen LogP contribution in [0.4, 0.5) is 11.4 Å². The van der Waals surface area contributed by atoms with Gasteiger partial charge in [-0.25, -0.2) is 8.42 Å². The van der Waals surface area contributed by atoms with Gasteiger partial charge in [-0.2, -0.15) is 0 Å². The van der Waals surface area contributed by atoms with Crippen LogP contribution in [0.2, 0.25) is 8.67 Å². The lowest BCUT2D eigenvalue weighted by Gasteiger charge is -2.16. The van der Waals surface area contributed by atoms with Crippen molar-refractivity contribution in [2.45, 2.75) is 17.7 Å². The third-order valence-electron chi connectivity index (χ3n) is 3.42. The number of carbonyl (C=O) groups is 1. The van der Waals surface area contributed by atoms with Crippen LogP contribution in [0.5, 0.6) is 0 Å². The molecule has 5 nitrogen and oxygen atoms in total. The van der Waals surface area contributed by atoms with Gasteiger partial charge in [-0.05, 0) is 36.8 Å². The summed E-state index contributed by atoms with van der Waals surface area (Å²) in [7, 11) is -3.80. The van der Waals surface area contributed by atoms with E-state index in [9.17, 15) is 13.2 Å². The van der Waals surface area contributed by atoms with E-state index in [2.05, 4.69) is 4.72 Å². The smallest absolute Gasteiger partial charge is 0.264 e. The Hall–Kier alpha value is -1.28. The fourth-order valence-corrected chi connectivity index (χ4v) is 5.56. The Morgan fingerprint density at radius 1 is 1.17 bits per heavy atom. The van der Waals surface area contributed by atoms with Crippen LogP contribution < -0.4 is 9.62 Å². The fourth-order valence-electron chi connectivity index (χ4n) is 2.35. The highest BCUT2D eigenvalue weighted by Crippen LogP contribution is 2.35. The van der Waals surface area contributed by atoms with Crippen LogP contribution in [-0.2, 0) is 14.8 Å². The number of carbonyl (C=O) groups excluding carboxylic acids is 1. The Kier molecular flexibility index (Phi) is 4.55. The number of rotatable bonds is 4. The SMILES string of the molecule is O=C1CCCN1c1ccc(NS(=O)(=O)c2cc(Cl)sc2Cl)cc1. The van der Waals surface area contributed by atoms with Crippen molar-refractivity contribution in [1.29, 1.82) is 0 Å². The second kappa shape index (κ2) is 6.32. The zero-order valence-electron chi connectivity index (χ0n) is 11.8. The summed E-state index contributed by atoms with van der Waals surface area (Å²) in [5.41, 5.74) is 1.14. The molecule has 3 rings (SSSR count). The van der Waals surface area contributed by atoms with Crippen LogP contribution in [0, 0.1) is 0 Å². The van der Waals surface area contributed by atoms with E-state index in [-0.39, 0.29) is 15.1 Å². The van der Waals surface area contributed by atoms with Gasteiger partial charge in [0.15, 0.2) is 0 Å². The monoisotopic (exact) mass is 390 g/mol. The maximum atomic E-state index is 12.3. The molecule has 0 unspecified atom stereocenters. The van der Waals surface area contributed by atoms with Gasteiger partial charge in [0.05, 0.1) is 4.34 Å². The molecule has 0 atom stereocenters. The summed E-state index contributed by atoms with van der Waals surface area (Å²) in [4.78, 5) is 13.3. The van der Waals surface area contributed by atoms with Gasteiger partial charge in [0.2, 0.25) is 5.91 Å². The number of thiophene rings is 1. The molecule has 0 saturated carbocycles. The fraction of sp³-hybridized carbons (Fsp3) is 0.214. The van der Waals surface area contributed by atoms with E-state index in [0.29, 0.717) is 23.0 Å². The van der Waals surface area contributed by atoms with Gasteiger partial charge in [0, 0.05) is 24.3 Å². The van der Waals surface area contributed by atoms with Gasteiger partial charge in [0.1, 0.15) is 9.23 Å². The van der Waals surface area contributed by atoms with Crippen LogP contribution >= 0.6 is 34.5 Å². The Morgan fingerprint density at radius 3 is 2.39 bits per heavy atom. The largest absolute Gasteiger partial charge is 0.312 e. The Morgan fingerprint density at radius 2 is 1.87 bits per heavy atom. The number of anilines is 2. The molecule has 1 amide bonds. The number of amides is 1. The van der Waals surface area contributed by atoms with Crippen LogP contribution in [0.15, 0.2) is 35.2 Å². The minimum Gasteiger partial charge on any atom is -0.312 e. The van der Waals surface area contributed by atoms with Crippen LogP contribution in [0.1, 0.15) is 12.8 Å². The van der Waals surface area contributed by atoms with Crippen molar-refractivity contribution in [2.24, 2.45) is 0 Å². The molecule has 1 aliphatic rings. The van der Waals surface area contributed by atoms with Crippen LogP contribution in [0.3, 0.4) is 0 Å². The van der Waals surface area contributed by atoms with Gasteiger partial charge in [-0.1, -0.05) is 23.2 Å². The summed E-state index contributed by atoms with van der Waals surface area (Å²) < 4.78 is 27.5. The molecule has 1 N–H and O–H groups in total. The molecule has 0 spiro atoms. The number of halogens is 2. The van der Waals surface area contributed by atoms with Crippen molar-refractivity contribution in [3.05, 3.63) is 39.0 Å². The molecule has 2 aromatic rings. The first kappa shape index (κ1) is 16.6. The Bertz CT molecular complexity index is 847. The minimum atomic E-state index is -3.80. The molecular formula is C14H12Cl2N2O3S2. The standard InChI is InChI=1S/C14H12Cl2N2O3S2/c15-12-8-11(14(16)22-12)23(20,21)17-9-3-5-10(6-4-9)18-7-1-2-13(18)19/h3-6,8,17H,1-2,7H2. The Labute approximate surface area is 147 Å². The molecule has 1 saturated heterocycles. The molecule has 122 valence electrons. The second-order valence-corrected chi connectivity index (χ2v) is 8.93. The first-order valence-corrected chi connectivity index (χ1v) is 9.80. The molecule has 1 aliphatic heterocycles. The highest BCUT2D eigenvalue weighted by atomic mass is 35.5. The van der Waals surface area contributed by atoms with Gasteiger partial charge in [0.25, 0.3) is 10.0 Å². The number of nitrogens with zero attached hydrogens (tertiary/aromatic N) is 1. The molecule has 1 aromatic heterocycles. The zero-order chi connectivity index (χ0) is 16.6. The molecule has 23 heavy (non-hydrogen) atoms. The van der Waals surface area contributed by atoms with E-state index in [4.69, 9.17) is 23.2 Å². The summed E-state index contributed by atoms with van der Waals surface area (Å²) in [5, 5.41) is 0. The first-order valence-electron chi connectivity index (χ1n) is 6.75. The molecule has 2 heterocycles. The average molecular weight is 391 g/mol. The highest BCUT2D eigenvalue weighted by molar-refractivity contribution is 7.93. The summed E-state index contributed by atoms with van der Waals surface area (Å²) in [5.74, 6) is 0.0815. The predicted molar refractivity (Wildman–Crippen MR) is 93.2 cm³/mol. The summed E-state index contributed by atoms with van der Waals surface area (Å²) in [6, 6.07) is 7.96. The van der Waals surface area contributed by atoms with Gasteiger partial charge in [-0.3, -0.25) is 9.52 Å². The van der Waals surface area contributed by atoms with E-state index >= 15 is 0 Å². The van der Waals surface area contributed by atoms with Crippen molar-refractivity contribution < 1.29 is 13.2 Å². The van der Waals surface area contributed by atoms with E-state index in [0.717, 1.165) is 23.4 Å². The zero-order valence-corrected chi connectivity index (χ0v) is 14.9. The van der Waals surface area contributed by atoms with Crippen molar-refractivity contribution in [3.63, 3.8) is 0 Å². The molecule has 0 aliphatic carbocycles. The van der Waals surface area contributed by atoms with Gasteiger partial charge >= 0.3 is 0 Å². The van der Waals surface area contributed by atoms with Gasteiger partial charge < -0.3 is 4.90 Å². The predicted octanol–water partition coefficient (Wildman–Crippen LogP) is 3.98. The van der Waals surface area contributed by atoms with Crippen molar-refractivity contribution >= 4 is 61.8 Å². The van der Waals surface area contributed by atoms with Gasteiger partial charge in [-0.15, -0.1) is 11.3 Å². The maximum absolute atomic E-state index is 12.3. The van der Waals surface area contributed by atoms with Crippen molar-refractivity contribution in [1.82, 2.24) is 0 Å². The number of sulfonamides is 1. The van der Waals surface area contributed by atoms with Crippen LogP contribution in [0.25, 0.3) is 0 Å². The van der Waals surface area contributed by atoms with Crippen molar-refractivity contribution in [2.75, 3.05) is 16.2 Å². The number of hydrogen-bond donors (Lipinski definition) is 1. The molecular weight excluding hydrogens is 379 g/mol.